The molecule has 1 N–H and O–H groups in total. The average Bonchev–Trinajstić information content (AvgIpc) is 2.31. The zero-order valence-electron chi connectivity index (χ0n) is 9.49. The first kappa shape index (κ1) is 12.0. The highest BCUT2D eigenvalue weighted by molar-refractivity contribution is 5.79. The van der Waals surface area contributed by atoms with Gasteiger partial charge in [-0.05, 0) is 31.2 Å². The van der Waals surface area contributed by atoms with Gasteiger partial charge < -0.3 is 10.1 Å². The summed E-state index contributed by atoms with van der Waals surface area (Å²) in [7, 11) is 1.62. The summed E-state index contributed by atoms with van der Waals surface area (Å²) in [6, 6.07) is 7.47. The summed E-state index contributed by atoms with van der Waals surface area (Å²) in [6.07, 6.45) is 2.30. The molecule has 0 aliphatic rings. The Kier molecular flexibility index (Phi) is 4.33. The largest absolute Gasteiger partial charge is 0.497 e. The van der Waals surface area contributed by atoms with Crippen LogP contribution in [0.4, 0.5) is 5.69 Å². The van der Waals surface area contributed by atoms with Crippen LogP contribution in [-0.2, 0) is 4.79 Å². The maximum Gasteiger partial charge on any atom is 0.151 e. The minimum Gasteiger partial charge on any atom is -0.497 e. The molecule has 1 aromatic carbocycles. The van der Waals surface area contributed by atoms with Crippen molar-refractivity contribution in [2.45, 2.75) is 6.92 Å². The Morgan fingerprint density at radius 2 is 2.00 bits per heavy atom. The number of allylic oxidation sites excluding steroid dienone is 3. The lowest BCUT2D eigenvalue weighted by Gasteiger charge is -2.08. The molecule has 0 fully saturated rings. The van der Waals surface area contributed by atoms with E-state index in [9.17, 15) is 4.79 Å². The molecule has 0 aliphatic carbocycles. The topological polar surface area (TPSA) is 38.3 Å². The predicted octanol–water partition coefficient (Wildman–Crippen LogP) is 2.77. The lowest BCUT2D eigenvalue weighted by atomic mass is 10.2. The summed E-state index contributed by atoms with van der Waals surface area (Å²) in [5.41, 5.74) is 2.23. The van der Waals surface area contributed by atoms with E-state index in [1.54, 1.807) is 7.11 Å². The Morgan fingerprint density at radius 1 is 1.38 bits per heavy atom. The first-order valence-corrected chi connectivity index (χ1v) is 4.91. The van der Waals surface area contributed by atoms with E-state index in [4.69, 9.17) is 4.74 Å². The number of aldehydes is 1. The number of carbonyl (C=O) groups excluding carboxylic acids is 1. The van der Waals surface area contributed by atoms with Crippen LogP contribution in [0.1, 0.15) is 6.92 Å². The number of anilines is 1. The van der Waals surface area contributed by atoms with E-state index < -0.39 is 0 Å². The van der Waals surface area contributed by atoms with Crippen LogP contribution in [0.3, 0.4) is 0 Å². The van der Waals surface area contributed by atoms with Crippen molar-refractivity contribution in [2.75, 3.05) is 12.4 Å². The molecule has 1 aromatic rings. The highest BCUT2D eigenvalue weighted by atomic mass is 16.5. The number of hydrogen-bond donors (Lipinski definition) is 1. The zero-order chi connectivity index (χ0) is 12.0. The Bertz CT molecular complexity index is 394. The van der Waals surface area contributed by atoms with Crippen LogP contribution in [0.5, 0.6) is 5.75 Å². The molecular formula is C13H15NO2. The second kappa shape index (κ2) is 5.75. The number of nitrogens with one attached hydrogen (secondary N) is 1. The summed E-state index contributed by atoms with van der Waals surface area (Å²) in [5.74, 6) is 0.798. The normalized spacial score (nSPS) is 11.4. The number of hydrogen-bond acceptors (Lipinski definition) is 3. The van der Waals surface area contributed by atoms with E-state index in [1.807, 2.05) is 31.2 Å². The van der Waals surface area contributed by atoms with Gasteiger partial charge in [-0.2, -0.15) is 0 Å². The molecule has 0 saturated carbocycles. The quantitative estimate of drug-likeness (QED) is 0.468. The van der Waals surface area contributed by atoms with E-state index >= 15 is 0 Å². The minimum absolute atomic E-state index is 0.552. The van der Waals surface area contributed by atoms with Crippen molar-refractivity contribution < 1.29 is 9.53 Å². The van der Waals surface area contributed by atoms with Gasteiger partial charge in [0.1, 0.15) is 5.75 Å². The van der Waals surface area contributed by atoms with Crippen LogP contribution in [0, 0.1) is 0 Å². The molecule has 0 saturated heterocycles. The smallest absolute Gasteiger partial charge is 0.151 e. The summed E-state index contributed by atoms with van der Waals surface area (Å²) in [4.78, 5) is 10.7. The second-order valence-corrected chi connectivity index (χ2v) is 3.26. The molecule has 0 amide bonds. The fraction of sp³-hybridized carbons (Fsp3) is 0.154. The van der Waals surface area contributed by atoms with Gasteiger partial charge in [-0.15, -0.1) is 0 Å². The molecule has 1 rings (SSSR count). The molecule has 0 heterocycles. The number of methoxy groups -OCH3 is 1. The molecule has 0 aromatic heterocycles. The number of ether oxygens (including phenoxy) is 1. The van der Waals surface area contributed by atoms with E-state index in [2.05, 4.69) is 11.9 Å². The lowest BCUT2D eigenvalue weighted by molar-refractivity contribution is -0.104. The van der Waals surface area contributed by atoms with Crippen molar-refractivity contribution >= 4 is 12.0 Å². The van der Waals surface area contributed by atoms with Gasteiger partial charge in [-0.25, -0.2) is 0 Å². The highest BCUT2D eigenvalue weighted by Gasteiger charge is 1.98. The molecule has 0 aliphatic heterocycles. The van der Waals surface area contributed by atoms with Gasteiger partial charge in [0, 0.05) is 17.0 Å². The van der Waals surface area contributed by atoms with Gasteiger partial charge in [-0.1, -0.05) is 12.7 Å². The first-order valence-electron chi connectivity index (χ1n) is 4.91. The number of rotatable bonds is 5. The van der Waals surface area contributed by atoms with E-state index in [-0.39, 0.29) is 0 Å². The minimum atomic E-state index is 0.552. The molecule has 0 spiro atoms. The van der Waals surface area contributed by atoms with E-state index in [1.165, 1.54) is 6.08 Å². The molecule has 3 nitrogen and oxygen atoms in total. The van der Waals surface area contributed by atoms with Crippen molar-refractivity contribution in [3.63, 3.8) is 0 Å². The Morgan fingerprint density at radius 3 is 2.44 bits per heavy atom. The third-order valence-electron chi connectivity index (χ3n) is 2.20. The average molecular weight is 217 g/mol. The number of benzene rings is 1. The predicted molar refractivity (Wildman–Crippen MR) is 65.6 cm³/mol. The maximum absolute atomic E-state index is 10.7. The van der Waals surface area contributed by atoms with Gasteiger partial charge in [-0.3, -0.25) is 4.79 Å². The first-order chi connectivity index (χ1) is 7.71. The van der Waals surface area contributed by atoms with Gasteiger partial charge in [0.05, 0.1) is 7.11 Å². The molecule has 16 heavy (non-hydrogen) atoms. The van der Waals surface area contributed by atoms with Crippen molar-refractivity contribution in [2.24, 2.45) is 0 Å². The van der Waals surface area contributed by atoms with Gasteiger partial charge in [0.25, 0.3) is 0 Å². The van der Waals surface area contributed by atoms with Crippen LogP contribution in [-0.4, -0.2) is 13.4 Å². The Hall–Kier alpha value is -2.03. The van der Waals surface area contributed by atoms with E-state index in [0.717, 1.165) is 23.4 Å². The second-order valence-electron chi connectivity index (χ2n) is 3.26. The van der Waals surface area contributed by atoms with Crippen LogP contribution in [0.2, 0.25) is 0 Å². The lowest BCUT2D eigenvalue weighted by Crippen LogP contribution is -1.99. The van der Waals surface area contributed by atoms with Crippen molar-refractivity contribution in [1.82, 2.24) is 0 Å². The van der Waals surface area contributed by atoms with Crippen LogP contribution in [0.15, 0.2) is 48.2 Å². The molecular weight excluding hydrogens is 202 g/mol. The monoisotopic (exact) mass is 217 g/mol. The summed E-state index contributed by atoms with van der Waals surface area (Å²) >= 11 is 0. The van der Waals surface area contributed by atoms with Crippen LogP contribution >= 0.6 is 0 Å². The third-order valence-corrected chi connectivity index (χ3v) is 2.20. The summed E-state index contributed by atoms with van der Waals surface area (Å²) in [5, 5.41) is 3.12. The zero-order valence-corrected chi connectivity index (χ0v) is 9.49. The fourth-order valence-electron chi connectivity index (χ4n) is 1.25. The standard InChI is InChI=1S/C13H15NO2/c1-4-11(9-15)10(2)14-12-5-7-13(16-3)8-6-12/h4-9,14H,1H2,2-3H3/b11-10+. The molecule has 0 atom stereocenters. The Labute approximate surface area is 95.4 Å². The van der Waals surface area contributed by atoms with Crippen LogP contribution < -0.4 is 10.1 Å². The molecule has 84 valence electrons. The van der Waals surface area contributed by atoms with Crippen molar-refractivity contribution in [1.29, 1.82) is 0 Å². The summed E-state index contributed by atoms with van der Waals surface area (Å²) < 4.78 is 5.05. The summed E-state index contributed by atoms with van der Waals surface area (Å²) in [6.45, 7) is 5.40. The van der Waals surface area contributed by atoms with Crippen molar-refractivity contribution in [3.8, 4) is 5.75 Å². The van der Waals surface area contributed by atoms with Crippen LogP contribution in [0.25, 0.3) is 0 Å². The Balaban J connectivity index is 2.84. The third kappa shape index (κ3) is 2.98. The highest BCUT2D eigenvalue weighted by Crippen LogP contribution is 2.17. The fourth-order valence-corrected chi connectivity index (χ4v) is 1.25. The molecule has 0 unspecified atom stereocenters. The SMILES string of the molecule is C=C/C(C=O)=C(/C)Nc1ccc(OC)cc1. The van der Waals surface area contributed by atoms with Gasteiger partial charge in [0.15, 0.2) is 6.29 Å². The van der Waals surface area contributed by atoms with E-state index in [0.29, 0.717) is 5.57 Å². The maximum atomic E-state index is 10.7. The van der Waals surface area contributed by atoms with Gasteiger partial charge >= 0.3 is 0 Å². The molecule has 0 radical (unpaired) electrons. The molecule has 0 bridgehead atoms. The molecule has 3 heteroatoms. The van der Waals surface area contributed by atoms with Crippen molar-refractivity contribution in [3.05, 3.63) is 48.2 Å². The number of carbonyl (C=O) groups is 1. The van der Waals surface area contributed by atoms with Gasteiger partial charge in [0.2, 0.25) is 0 Å².